The summed E-state index contributed by atoms with van der Waals surface area (Å²) in [5.74, 6) is -3.05. The van der Waals surface area contributed by atoms with Gasteiger partial charge in [0, 0.05) is 27.7 Å². The van der Waals surface area contributed by atoms with Crippen LogP contribution in [0.25, 0.3) is 0 Å². The van der Waals surface area contributed by atoms with Gasteiger partial charge in [0.25, 0.3) is 0 Å². The molecule has 0 aromatic heterocycles. The van der Waals surface area contributed by atoms with Gasteiger partial charge in [0.15, 0.2) is 18.5 Å². The van der Waals surface area contributed by atoms with Gasteiger partial charge in [-0.05, 0) is 0 Å². The van der Waals surface area contributed by atoms with E-state index in [1.54, 1.807) is 0 Å². The van der Waals surface area contributed by atoms with Gasteiger partial charge >= 0.3 is 17.9 Å². The van der Waals surface area contributed by atoms with Gasteiger partial charge in [-0.1, -0.05) is 0 Å². The van der Waals surface area contributed by atoms with E-state index >= 15 is 0 Å². The van der Waals surface area contributed by atoms with Crippen molar-refractivity contribution in [3.8, 4) is 0 Å². The molecule has 0 unspecified atom stereocenters. The number of rotatable bonds is 17. The number of carbonyl (C=O) groups is 5. The maximum atomic E-state index is 11.9. The Labute approximate surface area is 214 Å². The predicted octanol–water partition coefficient (Wildman–Crippen LogP) is -1.81. The number of hydrogen-bond acceptors (Lipinski definition) is 13. The van der Waals surface area contributed by atoms with Gasteiger partial charge in [0.05, 0.1) is 39.6 Å². The van der Waals surface area contributed by atoms with E-state index in [-0.39, 0.29) is 52.9 Å². The molecular formula is C22H36N2O13. The van der Waals surface area contributed by atoms with Crippen molar-refractivity contribution < 1.29 is 61.9 Å². The molecule has 0 aromatic rings. The third-order valence-electron chi connectivity index (χ3n) is 4.57. The third-order valence-corrected chi connectivity index (χ3v) is 4.57. The monoisotopic (exact) mass is 536 g/mol. The lowest BCUT2D eigenvalue weighted by Gasteiger charge is -2.44. The van der Waals surface area contributed by atoms with Crippen LogP contribution in [0.15, 0.2) is 0 Å². The molecule has 37 heavy (non-hydrogen) atoms. The summed E-state index contributed by atoms with van der Waals surface area (Å²) in [6.07, 6.45) is -4.62. The van der Waals surface area contributed by atoms with Crippen LogP contribution in [-0.4, -0.2) is 113 Å². The van der Waals surface area contributed by atoms with Crippen LogP contribution in [-0.2, 0) is 61.9 Å². The molecular weight excluding hydrogens is 500 g/mol. The van der Waals surface area contributed by atoms with E-state index < -0.39 is 60.4 Å². The molecule has 5 atom stereocenters. The second-order valence-corrected chi connectivity index (χ2v) is 7.83. The summed E-state index contributed by atoms with van der Waals surface area (Å²) in [5.41, 5.74) is 4.95. The Morgan fingerprint density at radius 3 is 1.81 bits per heavy atom. The topological polar surface area (TPSA) is 197 Å². The van der Waals surface area contributed by atoms with Gasteiger partial charge in [-0.3, -0.25) is 24.0 Å². The summed E-state index contributed by atoms with van der Waals surface area (Å²) in [6, 6.07) is -1.05. The highest BCUT2D eigenvalue weighted by atomic mass is 16.7. The van der Waals surface area contributed by atoms with E-state index in [2.05, 4.69) is 5.32 Å². The average molecular weight is 537 g/mol. The zero-order chi connectivity index (χ0) is 27.8. The van der Waals surface area contributed by atoms with Gasteiger partial charge in [-0.2, -0.15) is 0 Å². The number of esters is 3. The molecule has 15 nitrogen and oxygen atoms in total. The van der Waals surface area contributed by atoms with Crippen molar-refractivity contribution in [1.29, 1.82) is 0 Å². The molecule has 1 heterocycles. The highest BCUT2D eigenvalue weighted by Crippen LogP contribution is 2.28. The van der Waals surface area contributed by atoms with E-state index in [1.807, 2.05) is 0 Å². The first-order chi connectivity index (χ1) is 17.5. The zero-order valence-corrected chi connectivity index (χ0v) is 21.4. The van der Waals surface area contributed by atoms with Gasteiger partial charge in [-0.25, -0.2) is 0 Å². The lowest BCUT2D eigenvalue weighted by Crippen LogP contribution is -2.66. The standard InChI is InChI=1S/C22H36N2O13/c1-13(25)24-19-21(36-16(4)28)20(35-15(3)27)17(11-34-14(2)26)37-22(19)33-10-9-31-6-5-30-7-8-32-12-18(23)29/h17,19-22H,5-12H2,1-4H3,(H2,23,29)(H,24,25)/t17-,19-,20+,21-,22-/m1/s1. The number of amides is 2. The van der Waals surface area contributed by atoms with Crippen molar-refractivity contribution in [2.75, 3.05) is 52.9 Å². The van der Waals surface area contributed by atoms with Crippen LogP contribution >= 0.6 is 0 Å². The fourth-order valence-corrected chi connectivity index (χ4v) is 3.27. The van der Waals surface area contributed by atoms with Crippen LogP contribution in [0.4, 0.5) is 0 Å². The maximum absolute atomic E-state index is 11.9. The molecule has 0 spiro atoms. The van der Waals surface area contributed by atoms with Gasteiger partial charge in [0.2, 0.25) is 11.8 Å². The van der Waals surface area contributed by atoms with E-state index in [4.69, 9.17) is 43.6 Å². The Balaban J connectivity index is 2.73. The van der Waals surface area contributed by atoms with Crippen LogP contribution in [0.5, 0.6) is 0 Å². The van der Waals surface area contributed by atoms with Crippen molar-refractivity contribution in [1.82, 2.24) is 5.32 Å². The van der Waals surface area contributed by atoms with Gasteiger partial charge in [0.1, 0.15) is 25.4 Å². The number of primary amides is 1. The fourth-order valence-electron chi connectivity index (χ4n) is 3.27. The van der Waals surface area contributed by atoms with Crippen molar-refractivity contribution in [3.63, 3.8) is 0 Å². The summed E-state index contributed by atoms with van der Waals surface area (Å²) >= 11 is 0. The number of nitrogens with one attached hydrogen (secondary N) is 1. The highest BCUT2D eigenvalue weighted by Gasteiger charge is 2.51. The summed E-state index contributed by atoms with van der Waals surface area (Å²) in [5, 5.41) is 2.60. The largest absolute Gasteiger partial charge is 0.463 e. The predicted molar refractivity (Wildman–Crippen MR) is 122 cm³/mol. The molecule has 1 aliphatic heterocycles. The minimum Gasteiger partial charge on any atom is -0.463 e. The van der Waals surface area contributed by atoms with Crippen LogP contribution < -0.4 is 11.1 Å². The van der Waals surface area contributed by atoms with Crippen LogP contribution in [0.2, 0.25) is 0 Å². The number of carbonyl (C=O) groups excluding carboxylic acids is 5. The molecule has 212 valence electrons. The minimum atomic E-state index is -1.20. The number of ether oxygens (including phenoxy) is 8. The summed E-state index contributed by atoms with van der Waals surface area (Å²) < 4.78 is 43.0. The number of nitrogens with two attached hydrogens (primary N) is 1. The molecule has 15 heteroatoms. The molecule has 2 amide bonds. The van der Waals surface area contributed by atoms with Crippen molar-refractivity contribution in [2.24, 2.45) is 5.73 Å². The second-order valence-electron chi connectivity index (χ2n) is 7.83. The maximum Gasteiger partial charge on any atom is 0.303 e. The Morgan fingerprint density at radius 2 is 1.30 bits per heavy atom. The molecule has 1 saturated heterocycles. The molecule has 1 fully saturated rings. The smallest absolute Gasteiger partial charge is 0.303 e. The molecule has 3 N–H and O–H groups in total. The van der Waals surface area contributed by atoms with E-state index in [9.17, 15) is 24.0 Å². The Morgan fingerprint density at radius 1 is 0.757 bits per heavy atom. The zero-order valence-electron chi connectivity index (χ0n) is 21.4. The second kappa shape index (κ2) is 17.6. The van der Waals surface area contributed by atoms with Crippen LogP contribution in [0.1, 0.15) is 27.7 Å². The summed E-state index contributed by atoms with van der Waals surface area (Å²) in [7, 11) is 0. The van der Waals surface area contributed by atoms with Crippen LogP contribution in [0, 0.1) is 0 Å². The summed E-state index contributed by atoms with van der Waals surface area (Å²) in [6.45, 7) is 5.33. The molecule has 0 aliphatic carbocycles. The normalized spacial score (nSPS) is 23.1. The van der Waals surface area contributed by atoms with Crippen molar-refractivity contribution in [3.05, 3.63) is 0 Å². The van der Waals surface area contributed by atoms with E-state index in [1.165, 1.54) is 13.8 Å². The number of hydrogen-bond donors (Lipinski definition) is 2. The Hall–Kier alpha value is -2.85. The molecule has 0 radical (unpaired) electrons. The van der Waals surface area contributed by atoms with Crippen LogP contribution in [0.3, 0.4) is 0 Å². The average Bonchev–Trinajstić information content (AvgIpc) is 2.78. The lowest BCUT2D eigenvalue weighted by molar-refractivity contribution is -0.279. The fraction of sp³-hybridized carbons (Fsp3) is 0.773. The van der Waals surface area contributed by atoms with Crippen molar-refractivity contribution >= 4 is 29.7 Å². The van der Waals surface area contributed by atoms with Crippen molar-refractivity contribution in [2.45, 2.75) is 58.3 Å². The minimum absolute atomic E-state index is 0.00772. The first-order valence-corrected chi connectivity index (χ1v) is 11.5. The molecule has 0 aromatic carbocycles. The first kappa shape index (κ1) is 32.2. The molecule has 1 aliphatic rings. The van der Waals surface area contributed by atoms with E-state index in [0.717, 1.165) is 13.8 Å². The molecule has 0 bridgehead atoms. The third kappa shape index (κ3) is 13.9. The highest BCUT2D eigenvalue weighted by molar-refractivity contribution is 5.75. The van der Waals surface area contributed by atoms with Gasteiger partial charge in [-0.15, -0.1) is 0 Å². The lowest BCUT2D eigenvalue weighted by atomic mass is 9.96. The quantitative estimate of drug-likeness (QED) is 0.120. The molecule has 1 rings (SSSR count). The van der Waals surface area contributed by atoms with E-state index in [0.29, 0.717) is 0 Å². The first-order valence-electron chi connectivity index (χ1n) is 11.5. The van der Waals surface area contributed by atoms with Gasteiger partial charge < -0.3 is 48.9 Å². The Kier molecular flexibility index (Phi) is 15.3. The summed E-state index contributed by atoms with van der Waals surface area (Å²) in [4.78, 5) is 57.4. The SMILES string of the molecule is CC(=O)N[C@H]1[C@H](OCCOCCOCCOCC(N)=O)O[C@H](COC(C)=O)[C@H](OC(C)=O)[C@@H]1OC(C)=O. The Bertz CT molecular complexity index is 763. The molecule has 0 saturated carbocycles.